The van der Waals surface area contributed by atoms with Crippen molar-refractivity contribution in [2.75, 3.05) is 5.48 Å². The lowest BCUT2D eigenvalue weighted by molar-refractivity contribution is -0.384. The minimum absolute atomic E-state index is 0.119. The fraction of sp³-hybridized carbons (Fsp3) is 0. The zero-order chi connectivity index (χ0) is 21.5. The van der Waals surface area contributed by atoms with E-state index in [-0.39, 0.29) is 11.3 Å². The average molecular weight is 469 g/mol. The maximum absolute atomic E-state index is 12.1. The van der Waals surface area contributed by atoms with Crippen molar-refractivity contribution in [1.82, 2.24) is 0 Å². The van der Waals surface area contributed by atoms with E-state index in [2.05, 4.69) is 31.6 Å². The highest BCUT2D eigenvalue weighted by atomic mass is 79.9. The maximum Gasteiger partial charge on any atom is 0.363 e. The molecule has 9 nitrogen and oxygen atoms in total. The smallest absolute Gasteiger partial charge is 0.338 e. The second-order valence-electron chi connectivity index (χ2n) is 5.83. The van der Waals surface area contributed by atoms with E-state index < -0.39 is 16.8 Å². The highest BCUT2D eigenvalue weighted by molar-refractivity contribution is 9.10. The molecular formula is C20H13BrN4O5. The van der Waals surface area contributed by atoms with E-state index in [4.69, 9.17) is 4.84 Å². The van der Waals surface area contributed by atoms with Gasteiger partial charge in [0, 0.05) is 22.2 Å². The van der Waals surface area contributed by atoms with Gasteiger partial charge in [-0.3, -0.25) is 14.9 Å². The minimum Gasteiger partial charge on any atom is -0.338 e. The summed E-state index contributed by atoms with van der Waals surface area (Å²) in [6.07, 6.45) is 0. The Morgan fingerprint density at radius 3 is 2.27 bits per heavy atom. The minimum atomic E-state index is -0.630. The molecule has 0 fully saturated rings. The maximum atomic E-state index is 12.1. The fourth-order valence-electron chi connectivity index (χ4n) is 2.27. The van der Waals surface area contributed by atoms with Crippen LogP contribution in [0.4, 0.5) is 17.1 Å². The molecule has 10 heteroatoms. The van der Waals surface area contributed by atoms with Gasteiger partial charge in [-0.05, 0) is 64.5 Å². The van der Waals surface area contributed by atoms with Crippen molar-refractivity contribution >= 4 is 44.9 Å². The molecule has 150 valence electrons. The van der Waals surface area contributed by atoms with Crippen LogP contribution in [-0.2, 0) is 4.84 Å². The second-order valence-corrected chi connectivity index (χ2v) is 6.68. The first kappa shape index (κ1) is 20.8. The normalized spacial score (nSPS) is 10.6. The largest absolute Gasteiger partial charge is 0.363 e. The van der Waals surface area contributed by atoms with Crippen LogP contribution in [0.2, 0.25) is 0 Å². The van der Waals surface area contributed by atoms with Gasteiger partial charge >= 0.3 is 5.97 Å². The predicted molar refractivity (Wildman–Crippen MR) is 112 cm³/mol. The average Bonchev–Trinajstić information content (AvgIpc) is 2.77. The van der Waals surface area contributed by atoms with E-state index in [1.54, 1.807) is 48.5 Å². The number of nitrogens with one attached hydrogen (secondary N) is 1. The Hall–Kier alpha value is -3.92. The highest BCUT2D eigenvalue weighted by Gasteiger charge is 2.11. The molecule has 3 aromatic rings. The third-order valence-corrected chi connectivity index (χ3v) is 4.50. The molecule has 0 aliphatic carbocycles. The first-order valence-electron chi connectivity index (χ1n) is 8.46. The van der Waals surface area contributed by atoms with Gasteiger partial charge in [-0.1, -0.05) is 12.1 Å². The second kappa shape index (κ2) is 9.52. The van der Waals surface area contributed by atoms with Gasteiger partial charge in [-0.25, -0.2) is 10.3 Å². The molecule has 0 unspecified atom stereocenters. The molecule has 0 heterocycles. The number of carbonyl (C=O) groups excluding carboxylic acids is 2. The molecule has 1 N–H and O–H groups in total. The monoisotopic (exact) mass is 468 g/mol. The third kappa shape index (κ3) is 5.32. The number of halogens is 1. The fourth-order valence-corrected chi connectivity index (χ4v) is 2.72. The third-order valence-electron chi connectivity index (χ3n) is 3.80. The number of carbonyl (C=O) groups is 2. The van der Waals surface area contributed by atoms with E-state index in [1.165, 1.54) is 24.3 Å². The number of nitro groups is 1. The summed E-state index contributed by atoms with van der Waals surface area (Å²) in [5.74, 6) is -1.19. The Labute approximate surface area is 178 Å². The van der Waals surface area contributed by atoms with Crippen LogP contribution in [0.3, 0.4) is 0 Å². The lowest BCUT2D eigenvalue weighted by Crippen LogP contribution is -2.11. The summed E-state index contributed by atoms with van der Waals surface area (Å²) >= 11 is 3.28. The number of nitrogens with zero attached hydrogens (tertiary/aromatic N) is 3. The van der Waals surface area contributed by atoms with Gasteiger partial charge in [0.1, 0.15) is 0 Å². The Bertz CT molecular complexity index is 1110. The summed E-state index contributed by atoms with van der Waals surface area (Å²) in [5.41, 5.74) is 3.87. The summed E-state index contributed by atoms with van der Waals surface area (Å²) in [5, 5.41) is 18.1. The van der Waals surface area contributed by atoms with Gasteiger partial charge in [-0.15, -0.1) is 10.2 Å². The number of azo groups is 1. The molecule has 0 aliphatic rings. The number of hydrogen-bond donors (Lipinski definition) is 1. The molecule has 0 saturated heterocycles. The van der Waals surface area contributed by atoms with Crippen molar-refractivity contribution in [3.05, 3.63) is 98.5 Å². The van der Waals surface area contributed by atoms with Gasteiger partial charge in [0.15, 0.2) is 0 Å². The zero-order valence-corrected chi connectivity index (χ0v) is 16.8. The molecule has 1 amide bonds. The predicted octanol–water partition coefficient (Wildman–Crippen LogP) is 5.47. The van der Waals surface area contributed by atoms with Gasteiger partial charge in [0.2, 0.25) is 0 Å². The van der Waals surface area contributed by atoms with Crippen molar-refractivity contribution < 1.29 is 19.3 Å². The van der Waals surface area contributed by atoms with Crippen LogP contribution in [0, 0.1) is 10.1 Å². The standard InChI is InChI=1S/C20H13BrN4O5/c21-18-4-2-1-3-17(18)20(27)30-24-15-9-7-14(8-10-15)22-23-19(26)13-5-11-16(12-6-13)25(28)29/h1-12,24H. The molecule has 0 saturated carbocycles. The lowest BCUT2D eigenvalue weighted by atomic mass is 10.2. The van der Waals surface area contributed by atoms with Gasteiger partial charge in [-0.2, -0.15) is 0 Å². The van der Waals surface area contributed by atoms with Crippen molar-refractivity contribution in [2.24, 2.45) is 10.2 Å². The van der Waals surface area contributed by atoms with Crippen molar-refractivity contribution in [2.45, 2.75) is 0 Å². The Morgan fingerprint density at radius 1 is 0.967 bits per heavy atom. The molecule has 3 aromatic carbocycles. The van der Waals surface area contributed by atoms with Crippen LogP contribution in [0.15, 0.2) is 87.5 Å². The zero-order valence-electron chi connectivity index (χ0n) is 15.2. The molecule has 0 atom stereocenters. The molecule has 3 rings (SSSR count). The van der Waals surface area contributed by atoms with Crippen molar-refractivity contribution in [1.29, 1.82) is 0 Å². The lowest BCUT2D eigenvalue weighted by Gasteiger charge is -2.07. The number of hydrogen-bond acceptors (Lipinski definition) is 7. The molecule has 0 radical (unpaired) electrons. The summed E-state index contributed by atoms with van der Waals surface area (Å²) in [7, 11) is 0. The van der Waals surface area contributed by atoms with Gasteiger partial charge < -0.3 is 4.84 Å². The molecule has 0 aliphatic heterocycles. The number of nitro benzene ring substituents is 1. The van der Waals surface area contributed by atoms with Crippen LogP contribution in [0.25, 0.3) is 0 Å². The van der Waals surface area contributed by atoms with Crippen LogP contribution < -0.4 is 5.48 Å². The number of amides is 1. The molecule has 0 aromatic heterocycles. The van der Waals surface area contributed by atoms with E-state index in [0.29, 0.717) is 21.4 Å². The van der Waals surface area contributed by atoms with E-state index in [9.17, 15) is 19.7 Å². The van der Waals surface area contributed by atoms with Crippen LogP contribution in [0.1, 0.15) is 20.7 Å². The first-order valence-corrected chi connectivity index (χ1v) is 9.25. The summed E-state index contributed by atoms with van der Waals surface area (Å²) in [4.78, 5) is 39.2. The Morgan fingerprint density at radius 2 is 1.63 bits per heavy atom. The molecule has 30 heavy (non-hydrogen) atoms. The number of non-ortho nitro benzene ring substituents is 1. The number of anilines is 1. The van der Waals surface area contributed by atoms with Crippen LogP contribution in [0.5, 0.6) is 0 Å². The van der Waals surface area contributed by atoms with Crippen LogP contribution >= 0.6 is 15.9 Å². The number of rotatable bonds is 6. The van der Waals surface area contributed by atoms with Crippen molar-refractivity contribution in [3.63, 3.8) is 0 Å². The molecule has 0 spiro atoms. The molecule has 0 bridgehead atoms. The molecular weight excluding hydrogens is 456 g/mol. The number of benzene rings is 3. The highest BCUT2D eigenvalue weighted by Crippen LogP contribution is 2.20. The van der Waals surface area contributed by atoms with Crippen molar-refractivity contribution in [3.8, 4) is 0 Å². The van der Waals surface area contributed by atoms with Gasteiger partial charge in [0.25, 0.3) is 11.6 Å². The SMILES string of the molecule is O=C(N=Nc1ccc(NOC(=O)c2ccccc2Br)cc1)c1ccc([N+](=O)[O-])cc1. The summed E-state index contributed by atoms with van der Waals surface area (Å²) in [6.45, 7) is 0. The van der Waals surface area contributed by atoms with Crippen LogP contribution in [-0.4, -0.2) is 16.8 Å². The van der Waals surface area contributed by atoms with E-state index in [0.717, 1.165) is 0 Å². The van der Waals surface area contributed by atoms with E-state index in [1.807, 2.05) is 0 Å². The Kier molecular flexibility index (Phi) is 6.60. The Balaban J connectivity index is 1.57. The quantitative estimate of drug-likeness (QED) is 0.290. The summed E-state index contributed by atoms with van der Waals surface area (Å²) in [6, 6.07) is 18.3. The van der Waals surface area contributed by atoms with Gasteiger partial charge in [0.05, 0.1) is 21.9 Å². The topological polar surface area (TPSA) is 123 Å². The summed E-state index contributed by atoms with van der Waals surface area (Å²) < 4.78 is 0.616. The van der Waals surface area contributed by atoms with E-state index >= 15 is 0 Å². The first-order chi connectivity index (χ1) is 14.4.